The average molecular weight is 422 g/mol. The standard InChI is InChI=1S/C18H15NO5S3/c1-19-17(20)16(26-18(19)25)11-12-8-9-14(15(10-12)23-2)24-27(21,22)13-6-4-3-5-7-13/h3-11H,1-2H3. The van der Waals surface area contributed by atoms with Gasteiger partial charge in [0, 0.05) is 7.05 Å². The van der Waals surface area contributed by atoms with Crippen molar-refractivity contribution in [3.63, 3.8) is 0 Å². The highest BCUT2D eigenvalue weighted by atomic mass is 32.2. The summed E-state index contributed by atoms with van der Waals surface area (Å²) in [7, 11) is -0.957. The van der Waals surface area contributed by atoms with Gasteiger partial charge in [0.05, 0.1) is 12.0 Å². The van der Waals surface area contributed by atoms with Crippen molar-refractivity contribution in [2.45, 2.75) is 4.90 Å². The van der Waals surface area contributed by atoms with E-state index in [1.807, 2.05) is 0 Å². The van der Waals surface area contributed by atoms with Gasteiger partial charge in [0.1, 0.15) is 9.22 Å². The smallest absolute Gasteiger partial charge is 0.339 e. The zero-order valence-corrected chi connectivity index (χ0v) is 16.9. The van der Waals surface area contributed by atoms with Crippen LogP contribution in [0, 0.1) is 0 Å². The van der Waals surface area contributed by atoms with E-state index in [4.69, 9.17) is 21.1 Å². The minimum atomic E-state index is -3.98. The molecule has 0 atom stereocenters. The molecule has 2 aromatic rings. The number of amides is 1. The van der Waals surface area contributed by atoms with Crippen LogP contribution in [0.1, 0.15) is 5.56 Å². The van der Waals surface area contributed by atoms with E-state index < -0.39 is 10.1 Å². The van der Waals surface area contributed by atoms with Crippen LogP contribution < -0.4 is 8.92 Å². The molecule has 0 bridgehead atoms. The van der Waals surface area contributed by atoms with E-state index in [1.54, 1.807) is 43.5 Å². The van der Waals surface area contributed by atoms with Crippen LogP contribution in [0.15, 0.2) is 58.3 Å². The number of benzene rings is 2. The summed E-state index contributed by atoms with van der Waals surface area (Å²) in [5, 5.41) is 0. The molecule has 3 rings (SSSR count). The van der Waals surface area contributed by atoms with Crippen molar-refractivity contribution in [1.82, 2.24) is 4.90 Å². The van der Waals surface area contributed by atoms with E-state index in [-0.39, 0.29) is 22.3 Å². The van der Waals surface area contributed by atoms with Gasteiger partial charge in [0.2, 0.25) is 0 Å². The van der Waals surface area contributed by atoms with Gasteiger partial charge >= 0.3 is 10.1 Å². The fraction of sp³-hybridized carbons (Fsp3) is 0.111. The fourth-order valence-corrected chi connectivity index (χ4v) is 4.43. The van der Waals surface area contributed by atoms with Crippen LogP contribution in [0.2, 0.25) is 0 Å². The zero-order chi connectivity index (χ0) is 19.6. The van der Waals surface area contributed by atoms with E-state index in [2.05, 4.69) is 0 Å². The maximum absolute atomic E-state index is 12.4. The lowest BCUT2D eigenvalue weighted by molar-refractivity contribution is -0.121. The Morgan fingerprint density at radius 1 is 1.11 bits per heavy atom. The predicted octanol–water partition coefficient (Wildman–Crippen LogP) is 3.29. The van der Waals surface area contributed by atoms with Gasteiger partial charge in [-0.05, 0) is 35.9 Å². The summed E-state index contributed by atoms with van der Waals surface area (Å²) in [4.78, 5) is 14.0. The Labute approximate surface area is 166 Å². The lowest BCUT2D eigenvalue weighted by atomic mass is 10.2. The Morgan fingerprint density at radius 3 is 2.41 bits per heavy atom. The van der Waals surface area contributed by atoms with E-state index in [0.717, 1.165) is 0 Å². The Morgan fingerprint density at radius 2 is 1.81 bits per heavy atom. The average Bonchev–Trinajstić information content (AvgIpc) is 2.90. The van der Waals surface area contributed by atoms with Crippen molar-refractivity contribution in [2.24, 2.45) is 0 Å². The molecule has 0 spiro atoms. The highest BCUT2D eigenvalue weighted by molar-refractivity contribution is 8.26. The molecule has 0 aliphatic carbocycles. The normalized spacial score (nSPS) is 16.1. The minimum Gasteiger partial charge on any atom is -0.493 e. The van der Waals surface area contributed by atoms with E-state index >= 15 is 0 Å². The maximum Gasteiger partial charge on any atom is 0.339 e. The number of ether oxygens (including phenoxy) is 1. The number of thiocarbonyl (C=S) groups is 1. The fourth-order valence-electron chi connectivity index (χ4n) is 2.29. The van der Waals surface area contributed by atoms with E-state index in [9.17, 15) is 13.2 Å². The van der Waals surface area contributed by atoms with Crippen molar-refractivity contribution in [1.29, 1.82) is 0 Å². The highest BCUT2D eigenvalue weighted by Gasteiger charge is 2.28. The van der Waals surface area contributed by atoms with Gasteiger partial charge in [-0.25, -0.2) is 0 Å². The van der Waals surface area contributed by atoms with Crippen molar-refractivity contribution in [3.8, 4) is 11.5 Å². The van der Waals surface area contributed by atoms with E-state index in [1.165, 1.54) is 42.0 Å². The second kappa shape index (κ2) is 7.71. The first kappa shape index (κ1) is 19.4. The summed E-state index contributed by atoms with van der Waals surface area (Å²) < 4.78 is 35.7. The number of likely N-dealkylation sites (N-methyl/N-ethyl adjacent to an activating group) is 1. The van der Waals surface area contributed by atoms with E-state index in [0.29, 0.717) is 14.8 Å². The second-order valence-corrected chi connectivity index (χ2v) is 8.72. The molecule has 0 unspecified atom stereocenters. The van der Waals surface area contributed by atoms with Gasteiger partial charge in [-0.3, -0.25) is 9.69 Å². The third-order valence-corrected chi connectivity index (χ3v) is 6.44. The highest BCUT2D eigenvalue weighted by Crippen LogP contribution is 2.35. The van der Waals surface area contributed by atoms with Gasteiger partial charge in [-0.1, -0.05) is 48.2 Å². The van der Waals surface area contributed by atoms with Crippen LogP contribution in [-0.2, 0) is 14.9 Å². The number of hydrogen-bond acceptors (Lipinski definition) is 7. The molecule has 1 heterocycles. The third-order valence-electron chi connectivity index (χ3n) is 3.70. The minimum absolute atomic E-state index is 0.0442. The molecule has 1 amide bonds. The van der Waals surface area contributed by atoms with Crippen molar-refractivity contribution < 1.29 is 22.1 Å². The lowest BCUT2D eigenvalue weighted by Crippen LogP contribution is -2.22. The Balaban J connectivity index is 1.90. The molecule has 9 heteroatoms. The number of carbonyl (C=O) groups is 1. The van der Waals surface area contributed by atoms with Crippen molar-refractivity contribution in [3.05, 3.63) is 59.0 Å². The van der Waals surface area contributed by atoms with Crippen LogP contribution >= 0.6 is 24.0 Å². The summed E-state index contributed by atoms with van der Waals surface area (Å²) in [6, 6.07) is 12.6. The summed E-state index contributed by atoms with van der Waals surface area (Å²) >= 11 is 6.31. The monoisotopic (exact) mass is 421 g/mol. The van der Waals surface area contributed by atoms with Gasteiger partial charge in [-0.15, -0.1) is 0 Å². The predicted molar refractivity (Wildman–Crippen MR) is 108 cm³/mol. The molecule has 1 saturated heterocycles. The number of hydrogen-bond donors (Lipinski definition) is 0. The molecule has 0 aromatic heterocycles. The molecule has 1 fully saturated rings. The van der Waals surface area contributed by atoms with Gasteiger partial charge in [0.15, 0.2) is 11.5 Å². The van der Waals surface area contributed by atoms with Gasteiger partial charge in [-0.2, -0.15) is 8.42 Å². The molecule has 0 radical (unpaired) electrons. The van der Waals surface area contributed by atoms with Gasteiger partial charge < -0.3 is 8.92 Å². The quantitative estimate of drug-likeness (QED) is 0.417. The third kappa shape index (κ3) is 4.15. The summed E-state index contributed by atoms with van der Waals surface area (Å²) in [5.74, 6) is 0.104. The number of rotatable bonds is 5. The lowest BCUT2D eigenvalue weighted by Gasteiger charge is -2.11. The van der Waals surface area contributed by atoms with Crippen LogP contribution in [0.5, 0.6) is 11.5 Å². The molecule has 140 valence electrons. The number of methoxy groups -OCH3 is 1. The molecule has 2 aromatic carbocycles. The summed E-state index contributed by atoms with van der Waals surface area (Å²) in [6.45, 7) is 0. The first-order valence-electron chi connectivity index (χ1n) is 7.71. The molecule has 6 nitrogen and oxygen atoms in total. The molecule has 0 N–H and O–H groups in total. The Kier molecular flexibility index (Phi) is 5.54. The number of carbonyl (C=O) groups excluding carboxylic acids is 1. The first-order chi connectivity index (χ1) is 12.8. The molecule has 0 saturated carbocycles. The van der Waals surface area contributed by atoms with Crippen LogP contribution in [0.4, 0.5) is 0 Å². The van der Waals surface area contributed by atoms with Gasteiger partial charge in [0.25, 0.3) is 5.91 Å². The molecular formula is C18H15NO5S3. The molecule has 1 aliphatic heterocycles. The largest absolute Gasteiger partial charge is 0.493 e. The van der Waals surface area contributed by atoms with Crippen LogP contribution in [-0.4, -0.2) is 37.7 Å². The Hall–Kier alpha value is -2.36. The van der Waals surface area contributed by atoms with Crippen molar-refractivity contribution >= 4 is 50.4 Å². The van der Waals surface area contributed by atoms with Crippen molar-refractivity contribution in [2.75, 3.05) is 14.2 Å². The van der Waals surface area contributed by atoms with Crippen LogP contribution in [0.3, 0.4) is 0 Å². The summed E-state index contributed by atoms with van der Waals surface area (Å²) in [6.07, 6.45) is 1.67. The number of nitrogens with zero attached hydrogens (tertiary/aromatic N) is 1. The zero-order valence-electron chi connectivity index (χ0n) is 14.4. The molecule has 1 aliphatic rings. The topological polar surface area (TPSA) is 72.9 Å². The first-order valence-corrected chi connectivity index (χ1v) is 10.3. The molecule has 27 heavy (non-hydrogen) atoms. The molecular weight excluding hydrogens is 406 g/mol. The maximum atomic E-state index is 12.4. The Bertz CT molecular complexity index is 1030. The second-order valence-electron chi connectivity index (χ2n) is 5.50. The number of thioether (sulfide) groups is 1. The SMILES string of the molecule is COc1cc(C=C2SC(=S)N(C)C2=O)ccc1OS(=O)(=O)c1ccccc1. The summed E-state index contributed by atoms with van der Waals surface area (Å²) in [5.41, 5.74) is 0.658. The van der Waals surface area contributed by atoms with Crippen LogP contribution in [0.25, 0.3) is 6.08 Å².